The van der Waals surface area contributed by atoms with Gasteiger partial charge in [0.2, 0.25) is 5.91 Å². The third-order valence-electron chi connectivity index (χ3n) is 2.78. The summed E-state index contributed by atoms with van der Waals surface area (Å²) in [5.74, 6) is -0.138. The van der Waals surface area contributed by atoms with E-state index in [1.807, 2.05) is 0 Å². The third-order valence-corrected chi connectivity index (χ3v) is 3.41. The molecule has 1 aromatic heterocycles. The van der Waals surface area contributed by atoms with Crippen molar-refractivity contribution in [3.8, 4) is 0 Å². The first kappa shape index (κ1) is 13.5. The van der Waals surface area contributed by atoms with E-state index in [0.717, 1.165) is 30.4 Å². The number of hydrogen-bond donors (Lipinski definition) is 2. The van der Waals surface area contributed by atoms with Crippen molar-refractivity contribution in [3.05, 3.63) is 22.9 Å². The van der Waals surface area contributed by atoms with Crippen molar-refractivity contribution in [1.29, 1.82) is 0 Å². The van der Waals surface area contributed by atoms with E-state index < -0.39 is 0 Å². The van der Waals surface area contributed by atoms with E-state index in [-0.39, 0.29) is 18.6 Å². The molecule has 0 atom stereocenters. The van der Waals surface area contributed by atoms with Gasteiger partial charge in [0.15, 0.2) is 0 Å². The molecule has 1 aliphatic heterocycles. The highest BCUT2D eigenvalue weighted by molar-refractivity contribution is 9.10. The molecule has 5 nitrogen and oxygen atoms in total. The van der Waals surface area contributed by atoms with E-state index in [2.05, 4.69) is 31.5 Å². The number of aromatic nitrogens is 1. The second-order valence-corrected chi connectivity index (χ2v) is 5.02. The minimum Gasteiger partial charge on any atom is -0.368 e. The number of carbonyl (C=O) groups is 1. The van der Waals surface area contributed by atoms with Gasteiger partial charge in [0, 0.05) is 12.4 Å². The number of halogens is 1. The Labute approximate surface area is 114 Å². The quantitative estimate of drug-likeness (QED) is 0.885. The molecule has 2 N–H and O–H groups in total. The highest BCUT2D eigenvalue weighted by Crippen LogP contribution is 2.19. The van der Waals surface area contributed by atoms with Crippen LogP contribution in [0.25, 0.3) is 0 Å². The van der Waals surface area contributed by atoms with Crippen LogP contribution < -0.4 is 10.6 Å². The van der Waals surface area contributed by atoms with E-state index in [1.165, 1.54) is 0 Å². The number of nitrogens with one attached hydrogen (secondary N) is 2. The molecule has 0 unspecified atom stereocenters. The topological polar surface area (TPSA) is 63.2 Å². The number of pyridine rings is 1. The predicted octanol–water partition coefficient (Wildman–Crippen LogP) is 1.55. The van der Waals surface area contributed by atoms with Crippen LogP contribution >= 0.6 is 15.9 Å². The van der Waals surface area contributed by atoms with Crippen molar-refractivity contribution < 1.29 is 9.53 Å². The number of rotatable bonds is 4. The maximum atomic E-state index is 11.7. The van der Waals surface area contributed by atoms with Crippen molar-refractivity contribution in [2.75, 3.05) is 25.0 Å². The second kappa shape index (κ2) is 6.82. The lowest BCUT2D eigenvalue weighted by molar-refractivity contribution is -0.123. The lowest BCUT2D eigenvalue weighted by Gasteiger charge is -2.22. The Kier molecular flexibility index (Phi) is 5.10. The first-order chi connectivity index (χ1) is 8.75. The fourth-order valence-electron chi connectivity index (χ4n) is 1.82. The molecule has 0 aromatic carbocycles. The number of piperidine rings is 1. The molecule has 98 valence electrons. The summed E-state index contributed by atoms with van der Waals surface area (Å²) in [4.78, 5) is 15.6. The molecule has 6 heteroatoms. The minimum absolute atomic E-state index is 0.0967. The van der Waals surface area contributed by atoms with Gasteiger partial charge < -0.3 is 15.4 Å². The summed E-state index contributed by atoms with van der Waals surface area (Å²) in [6, 6.07) is 1.74. The van der Waals surface area contributed by atoms with Crippen molar-refractivity contribution in [3.63, 3.8) is 0 Å². The van der Waals surface area contributed by atoms with Crippen LogP contribution in [-0.2, 0) is 9.53 Å². The predicted molar refractivity (Wildman–Crippen MR) is 72.4 cm³/mol. The summed E-state index contributed by atoms with van der Waals surface area (Å²) in [6.07, 6.45) is 5.40. The highest BCUT2D eigenvalue weighted by atomic mass is 79.9. The summed E-state index contributed by atoms with van der Waals surface area (Å²) < 4.78 is 6.34. The van der Waals surface area contributed by atoms with Gasteiger partial charge in [-0.1, -0.05) is 0 Å². The largest absolute Gasteiger partial charge is 0.368 e. The Morgan fingerprint density at radius 2 is 2.33 bits per heavy atom. The summed E-state index contributed by atoms with van der Waals surface area (Å²) >= 11 is 3.33. The fraction of sp³-hybridized carbons (Fsp3) is 0.500. The number of hydrogen-bond acceptors (Lipinski definition) is 4. The zero-order valence-electron chi connectivity index (χ0n) is 9.99. The number of carbonyl (C=O) groups excluding carboxylic acids is 1. The van der Waals surface area contributed by atoms with Crippen molar-refractivity contribution >= 4 is 27.5 Å². The van der Waals surface area contributed by atoms with Crippen LogP contribution in [0.2, 0.25) is 0 Å². The van der Waals surface area contributed by atoms with Gasteiger partial charge in [0.25, 0.3) is 0 Å². The van der Waals surface area contributed by atoms with Gasteiger partial charge in [0.1, 0.15) is 6.61 Å². The van der Waals surface area contributed by atoms with Crippen LogP contribution in [0.15, 0.2) is 22.9 Å². The molecule has 0 bridgehead atoms. The monoisotopic (exact) mass is 313 g/mol. The van der Waals surface area contributed by atoms with E-state index >= 15 is 0 Å². The highest BCUT2D eigenvalue weighted by Gasteiger charge is 2.15. The second-order valence-electron chi connectivity index (χ2n) is 4.16. The molecule has 1 fully saturated rings. The van der Waals surface area contributed by atoms with Crippen LogP contribution in [0.4, 0.5) is 5.69 Å². The molecule has 18 heavy (non-hydrogen) atoms. The molecule has 0 spiro atoms. The first-order valence-corrected chi connectivity index (χ1v) is 6.76. The Balaban J connectivity index is 1.76. The van der Waals surface area contributed by atoms with Gasteiger partial charge in [0.05, 0.1) is 16.3 Å². The molecular weight excluding hydrogens is 298 g/mol. The lowest BCUT2D eigenvalue weighted by Crippen LogP contribution is -2.34. The van der Waals surface area contributed by atoms with Crippen LogP contribution in [0, 0.1) is 0 Å². The molecule has 2 heterocycles. The van der Waals surface area contributed by atoms with Gasteiger partial charge in [-0.15, -0.1) is 0 Å². The van der Waals surface area contributed by atoms with Crippen LogP contribution in [0.3, 0.4) is 0 Å². The lowest BCUT2D eigenvalue weighted by atomic mass is 10.1. The molecule has 0 aliphatic carbocycles. The Morgan fingerprint density at radius 3 is 3.06 bits per heavy atom. The van der Waals surface area contributed by atoms with Crippen LogP contribution in [0.1, 0.15) is 12.8 Å². The summed E-state index contributed by atoms with van der Waals surface area (Å²) in [5.41, 5.74) is 0.712. The SMILES string of the molecule is O=C(COC1CCNCC1)Nc1ccncc1Br. The Hall–Kier alpha value is -0.980. The fourth-order valence-corrected chi connectivity index (χ4v) is 2.17. The van der Waals surface area contributed by atoms with Crippen LogP contribution in [0.5, 0.6) is 0 Å². The number of anilines is 1. The zero-order valence-corrected chi connectivity index (χ0v) is 11.6. The molecule has 1 saturated heterocycles. The number of ether oxygens (including phenoxy) is 1. The smallest absolute Gasteiger partial charge is 0.250 e. The standard InChI is InChI=1S/C12H16BrN3O2/c13-10-7-15-6-3-11(10)16-12(17)8-18-9-1-4-14-5-2-9/h3,6-7,9,14H,1-2,4-5,8H2,(H,15,16,17). The van der Waals surface area contributed by atoms with Crippen LogP contribution in [-0.4, -0.2) is 36.7 Å². The Morgan fingerprint density at radius 1 is 1.56 bits per heavy atom. The van der Waals surface area contributed by atoms with Gasteiger partial charge in [-0.25, -0.2) is 0 Å². The number of amides is 1. The minimum atomic E-state index is -0.138. The zero-order chi connectivity index (χ0) is 12.8. The average molecular weight is 314 g/mol. The Bertz CT molecular complexity index is 408. The molecule has 2 rings (SSSR count). The molecule has 1 amide bonds. The van der Waals surface area contributed by atoms with Crippen molar-refractivity contribution in [1.82, 2.24) is 10.3 Å². The molecule has 1 aliphatic rings. The molecular formula is C12H16BrN3O2. The summed E-state index contributed by atoms with van der Waals surface area (Å²) in [7, 11) is 0. The van der Waals surface area contributed by atoms with Gasteiger partial charge in [-0.2, -0.15) is 0 Å². The van der Waals surface area contributed by atoms with Crippen molar-refractivity contribution in [2.24, 2.45) is 0 Å². The normalized spacial score (nSPS) is 16.5. The average Bonchev–Trinajstić information content (AvgIpc) is 2.40. The molecule has 0 saturated carbocycles. The first-order valence-electron chi connectivity index (χ1n) is 5.97. The molecule has 1 aromatic rings. The third kappa shape index (κ3) is 4.04. The maximum absolute atomic E-state index is 11.7. The molecule has 0 radical (unpaired) electrons. The summed E-state index contributed by atoms with van der Waals surface area (Å²) in [5, 5.41) is 6.04. The van der Waals surface area contributed by atoms with Gasteiger partial charge in [-0.3, -0.25) is 9.78 Å². The van der Waals surface area contributed by atoms with Gasteiger partial charge >= 0.3 is 0 Å². The van der Waals surface area contributed by atoms with E-state index in [1.54, 1.807) is 18.5 Å². The van der Waals surface area contributed by atoms with E-state index in [4.69, 9.17) is 4.74 Å². The maximum Gasteiger partial charge on any atom is 0.250 e. The van der Waals surface area contributed by atoms with Crippen molar-refractivity contribution in [2.45, 2.75) is 18.9 Å². The number of nitrogens with zero attached hydrogens (tertiary/aromatic N) is 1. The van der Waals surface area contributed by atoms with Gasteiger partial charge in [-0.05, 0) is 47.9 Å². The summed E-state index contributed by atoms with van der Waals surface area (Å²) in [6.45, 7) is 2.02. The van der Waals surface area contributed by atoms with E-state index in [9.17, 15) is 4.79 Å². The van der Waals surface area contributed by atoms with E-state index in [0.29, 0.717) is 5.69 Å².